The Morgan fingerprint density at radius 2 is 1.83 bits per heavy atom. The molecule has 3 N–H and O–H groups in total. The van der Waals surface area contributed by atoms with Gasteiger partial charge < -0.3 is 19.9 Å². The fourth-order valence-corrected chi connectivity index (χ4v) is 3.77. The Kier molecular flexibility index (Phi) is 7.41. The van der Waals surface area contributed by atoms with Gasteiger partial charge in [-0.25, -0.2) is 4.79 Å². The van der Waals surface area contributed by atoms with E-state index in [1.165, 1.54) is 10.1 Å². The van der Waals surface area contributed by atoms with Crippen molar-refractivity contribution in [3.63, 3.8) is 0 Å². The number of anilines is 2. The molecule has 182 valence electrons. The number of rotatable bonds is 10. The molecule has 0 fully saturated rings. The second-order valence-corrected chi connectivity index (χ2v) is 8.04. The van der Waals surface area contributed by atoms with E-state index in [2.05, 4.69) is 22.0 Å². The molecule has 4 rings (SSSR count). The van der Waals surface area contributed by atoms with Crippen LogP contribution in [0.4, 0.5) is 11.5 Å². The molecule has 2 heterocycles. The Hall–Kier alpha value is -4.18. The van der Waals surface area contributed by atoms with Crippen LogP contribution in [0.1, 0.15) is 23.9 Å². The lowest BCUT2D eigenvalue weighted by Crippen LogP contribution is -2.39. The maximum Gasteiger partial charge on any atom is 0.330 e. The number of ether oxygens (including phenoxy) is 1. The predicted molar refractivity (Wildman–Crippen MR) is 133 cm³/mol. The fourth-order valence-electron chi connectivity index (χ4n) is 3.77. The topological polar surface area (TPSA) is 132 Å². The molecule has 0 amide bonds. The number of nitrogens with one attached hydrogen (secondary N) is 1. The van der Waals surface area contributed by atoms with Crippen molar-refractivity contribution in [1.82, 2.24) is 19.7 Å². The first-order valence-corrected chi connectivity index (χ1v) is 11.3. The molecule has 10 heteroatoms. The highest BCUT2D eigenvalue weighted by Crippen LogP contribution is 2.22. The second-order valence-electron chi connectivity index (χ2n) is 8.04. The summed E-state index contributed by atoms with van der Waals surface area (Å²) in [6, 6.07) is 17.3. The highest BCUT2D eigenvalue weighted by atomic mass is 16.5. The zero-order valence-corrected chi connectivity index (χ0v) is 19.7. The van der Waals surface area contributed by atoms with Crippen LogP contribution >= 0.6 is 0 Å². The molecule has 0 spiro atoms. The molecule has 0 unspecified atom stereocenters. The van der Waals surface area contributed by atoms with Gasteiger partial charge in [0.15, 0.2) is 0 Å². The number of H-pyrrole nitrogens is 1. The average molecular weight is 477 g/mol. The maximum atomic E-state index is 12.8. The van der Waals surface area contributed by atoms with E-state index in [4.69, 9.17) is 15.0 Å². The summed E-state index contributed by atoms with van der Waals surface area (Å²) in [4.78, 5) is 34.0. The van der Waals surface area contributed by atoms with E-state index in [0.29, 0.717) is 24.9 Å². The van der Waals surface area contributed by atoms with Crippen LogP contribution in [0.15, 0.2) is 68.7 Å². The Bertz CT molecular complexity index is 1380. The first kappa shape index (κ1) is 24.0. The quantitative estimate of drug-likeness (QED) is 0.357. The van der Waals surface area contributed by atoms with Gasteiger partial charge in [-0.2, -0.15) is 4.98 Å². The van der Waals surface area contributed by atoms with E-state index < -0.39 is 11.2 Å². The minimum absolute atomic E-state index is 0.0496. The van der Waals surface area contributed by atoms with Gasteiger partial charge >= 0.3 is 5.69 Å². The Morgan fingerprint density at radius 1 is 1.09 bits per heavy atom. The molecular formula is C25H28N6O4. The summed E-state index contributed by atoms with van der Waals surface area (Å²) in [5, 5.41) is 4.08. The lowest BCUT2D eigenvalue weighted by atomic mass is 10.1. The van der Waals surface area contributed by atoms with Crippen LogP contribution < -0.4 is 21.9 Å². The summed E-state index contributed by atoms with van der Waals surface area (Å²) in [6.45, 7) is 3.05. The third-order valence-corrected chi connectivity index (χ3v) is 5.69. The van der Waals surface area contributed by atoms with Crippen molar-refractivity contribution >= 4 is 11.5 Å². The van der Waals surface area contributed by atoms with Crippen molar-refractivity contribution < 1.29 is 9.26 Å². The van der Waals surface area contributed by atoms with E-state index in [-0.39, 0.29) is 24.6 Å². The van der Waals surface area contributed by atoms with E-state index in [0.717, 1.165) is 17.5 Å². The summed E-state index contributed by atoms with van der Waals surface area (Å²) < 4.78 is 12.0. The smallest absolute Gasteiger partial charge is 0.330 e. The van der Waals surface area contributed by atoms with Gasteiger partial charge in [-0.1, -0.05) is 66.7 Å². The number of nitrogen functional groups attached to an aromatic ring is 1. The molecule has 0 saturated heterocycles. The standard InChI is InChI=1S/C25H28N6O4/c1-3-17-9-11-19(12-10-17)23-27-20(35-29-23)16-30(13-14-34-2)21-22(26)31(25(33)28-24(21)32)15-18-7-5-4-6-8-18/h4-12H,3,13-16,26H2,1-2H3,(H,28,32,33). The SMILES string of the molecule is CCc1ccc(-c2noc(CN(CCOC)c3c(N)n(Cc4ccccc4)c(=O)[nH]c3=O)n2)cc1. The number of hydrogen-bond acceptors (Lipinski definition) is 8. The van der Waals surface area contributed by atoms with Crippen LogP contribution in [-0.2, 0) is 24.2 Å². The van der Waals surface area contributed by atoms with E-state index in [9.17, 15) is 9.59 Å². The van der Waals surface area contributed by atoms with Gasteiger partial charge in [0.05, 0.1) is 19.7 Å². The number of nitrogens with two attached hydrogens (primary N) is 1. The summed E-state index contributed by atoms with van der Waals surface area (Å²) in [5.74, 6) is 0.800. The van der Waals surface area contributed by atoms with Crippen LogP contribution in [0.3, 0.4) is 0 Å². The number of aromatic nitrogens is 4. The average Bonchev–Trinajstić information content (AvgIpc) is 3.34. The van der Waals surface area contributed by atoms with Crippen molar-refractivity contribution in [3.8, 4) is 11.4 Å². The zero-order chi connectivity index (χ0) is 24.8. The molecule has 0 aliphatic rings. The predicted octanol–water partition coefficient (Wildman–Crippen LogP) is 2.43. The van der Waals surface area contributed by atoms with Crippen molar-refractivity contribution in [2.45, 2.75) is 26.4 Å². The minimum Gasteiger partial charge on any atom is -0.383 e. The first-order valence-electron chi connectivity index (χ1n) is 11.3. The largest absolute Gasteiger partial charge is 0.383 e. The van der Waals surface area contributed by atoms with Crippen LogP contribution in [0.5, 0.6) is 0 Å². The first-order chi connectivity index (χ1) is 17.0. The molecule has 2 aromatic heterocycles. The number of aromatic amines is 1. The Labute approximate surface area is 202 Å². The maximum absolute atomic E-state index is 12.8. The number of hydrogen-bond donors (Lipinski definition) is 2. The molecule has 0 atom stereocenters. The molecular weight excluding hydrogens is 448 g/mol. The van der Waals surface area contributed by atoms with E-state index in [1.54, 1.807) is 12.0 Å². The molecule has 4 aromatic rings. The molecule has 0 bridgehead atoms. The number of methoxy groups -OCH3 is 1. The minimum atomic E-state index is -0.595. The summed E-state index contributed by atoms with van der Waals surface area (Å²) in [7, 11) is 1.56. The summed E-state index contributed by atoms with van der Waals surface area (Å²) in [6.07, 6.45) is 0.939. The van der Waals surface area contributed by atoms with E-state index in [1.807, 2.05) is 54.6 Å². The molecule has 0 aliphatic heterocycles. The second kappa shape index (κ2) is 10.8. The van der Waals surface area contributed by atoms with Gasteiger partial charge in [0.25, 0.3) is 5.56 Å². The third-order valence-electron chi connectivity index (χ3n) is 5.69. The number of aryl methyl sites for hydroxylation is 1. The van der Waals surface area contributed by atoms with Gasteiger partial charge in [0, 0.05) is 19.2 Å². The lowest BCUT2D eigenvalue weighted by molar-refractivity contribution is 0.204. The van der Waals surface area contributed by atoms with Gasteiger partial charge in [-0.3, -0.25) is 14.3 Å². The summed E-state index contributed by atoms with van der Waals surface area (Å²) >= 11 is 0. The van der Waals surface area contributed by atoms with Crippen LogP contribution in [-0.4, -0.2) is 40.0 Å². The van der Waals surface area contributed by atoms with Crippen LogP contribution in [0.2, 0.25) is 0 Å². The van der Waals surface area contributed by atoms with Gasteiger partial charge in [-0.15, -0.1) is 0 Å². The van der Waals surface area contributed by atoms with E-state index >= 15 is 0 Å². The summed E-state index contributed by atoms with van der Waals surface area (Å²) in [5.41, 5.74) is 8.26. The normalized spacial score (nSPS) is 11.0. The molecule has 0 saturated carbocycles. The monoisotopic (exact) mass is 476 g/mol. The number of nitrogens with zero attached hydrogens (tertiary/aromatic N) is 4. The fraction of sp³-hybridized carbons (Fsp3) is 0.280. The van der Waals surface area contributed by atoms with Gasteiger partial charge in [-0.05, 0) is 17.5 Å². The van der Waals surface area contributed by atoms with Gasteiger partial charge in [0.2, 0.25) is 11.7 Å². The molecule has 2 aromatic carbocycles. The number of benzene rings is 2. The Morgan fingerprint density at radius 3 is 2.51 bits per heavy atom. The van der Waals surface area contributed by atoms with Crippen LogP contribution in [0, 0.1) is 0 Å². The van der Waals surface area contributed by atoms with Crippen molar-refractivity contribution in [3.05, 3.63) is 92.5 Å². The lowest BCUT2D eigenvalue weighted by Gasteiger charge is -2.24. The van der Waals surface area contributed by atoms with Crippen molar-refractivity contribution in [1.29, 1.82) is 0 Å². The van der Waals surface area contributed by atoms with Crippen LogP contribution in [0.25, 0.3) is 11.4 Å². The van der Waals surface area contributed by atoms with Gasteiger partial charge in [0.1, 0.15) is 11.5 Å². The third kappa shape index (κ3) is 5.49. The molecule has 0 radical (unpaired) electrons. The molecule has 35 heavy (non-hydrogen) atoms. The highest BCUT2D eigenvalue weighted by Gasteiger charge is 2.22. The molecule has 10 nitrogen and oxygen atoms in total. The van der Waals surface area contributed by atoms with Crippen molar-refractivity contribution in [2.24, 2.45) is 0 Å². The Balaban J connectivity index is 1.66. The zero-order valence-electron chi connectivity index (χ0n) is 19.7. The highest BCUT2D eigenvalue weighted by molar-refractivity contribution is 5.62. The van der Waals surface area contributed by atoms with Crippen molar-refractivity contribution in [2.75, 3.05) is 30.9 Å². The molecule has 0 aliphatic carbocycles.